The molecule has 5 heteroatoms. The maximum absolute atomic E-state index is 5.91. The zero-order chi connectivity index (χ0) is 19.0. The van der Waals surface area contributed by atoms with Gasteiger partial charge in [-0.25, -0.2) is 9.97 Å². The molecule has 4 aromatic rings. The van der Waals surface area contributed by atoms with E-state index in [2.05, 4.69) is 34.2 Å². The Morgan fingerprint density at radius 1 is 0.852 bits per heavy atom. The fraction of sp³-hybridized carbons (Fsp3) is 0.136. The molecular formula is C22H19N3OS. The lowest BCUT2D eigenvalue weighted by atomic mass is 10.1. The van der Waals surface area contributed by atoms with E-state index in [9.17, 15) is 0 Å². The van der Waals surface area contributed by atoms with Gasteiger partial charge in [0.15, 0.2) is 0 Å². The summed E-state index contributed by atoms with van der Waals surface area (Å²) in [5.41, 5.74) is 4.47. The highest BCUT2D eigenvalue weighted by Crippen LogP contribution is 2.24. The monoisotopic (exact) mass is 373 g/mol. The molecule has 0 fully saturated rings. The molecule has 0 saturated carbocycles. The van der Waals surface area contributed by atoms with Crippen molar-refractivity contribution in [3.8, 4) is 5.75 Å². The molecule has 0 atom stereocenters. The molecule has 0 unspecified atom stereocenters. The van der Waals surface area contributed by atoms with Crippen LogP contribution in [0.2, 0.25) is 0 Å². The zero-order valence-corrected chi connectivity index (χ0v) is 16.2. The van der Waals surface area contributed by atoms with E-state index < -0.39 is 0 Å². The van der Waals surface area contributed by atoms with E-state index in [1.807, 2.05) is 62.2 Å². The van der Waals surface area contributed by atoms with Crippen molar-refractivity contribution in [2.75, 3.05) is 11.9 Å². The molecule has 1 aromatic heterocycles. The molecule has 0 spiro atoms. The van der Waals surface area contributed by atoms with Crippen LogP contribution < -0.4 is 9.64 Å². The minimum Gasteiger partial charge on any atom is -0.431 e. The van der Waals surface area contributed by atoms with Crippen LogP contribution in [-0.2, 0) is 0 Å². The Bertz CT molecular complexity index is 1170. The molecule has 0 N–H and O–H groups in total. The smallest absolute Gasteiger partial charge is 0.269 e. The summed E-state index contributed by atoms with van der Waals surface area (Å²) < 4.78 is 5.91. The van der Waals surface area contributed by atoms with Crippen LogP contribution in [0.4, 0.5) is 5.69 Å². The fourth-order valence-corrected chi connectivity index (χ4v) is 3.14. The first-order valence-corrected chi connectivity index (χ1v) is 9.11. The second-order valence-electron chi connectivity index (χ2n) is 6.50. The highest BCUT2D eigenvalue weighted by Gasteiger charge is 2.11. The summed E-state index contributed by atoms with van der Waals surface area (Å²) in [6.45, 7) is 3.91. The second-order valence-corrected chi connectivity index (χ2v) is 6.85. The molecule has 0 aliphatic rings. The number of hydrogen-bond acceptors (Lipinski definition) is 4. The number of fused-ring (bicyclic) bond motifs is 2. The van der Waals surface area contributed by atoms with Gasteiger partial charge in [0.05, 0.1) is 22.4 Å². The van der Waals surface area contributed by atoms with Crippen LogP contribution in [0.1, 0.15) is 11.4 Å². The molecule has 0 bridgehead atoms. The summed E-state index contributed by atoms with van der Waals surface area (Å²) in [6.07, 6.45) is 0. The first-order valence-electron chi connectivity index (χ1n) is 8.70. The number of aryl methyl sites for hydroxylation is 2. The van der Waals surface area contributed by atoms with E-state index in [-0.39, 0.29) is 0 Å². The topological polar surface area (TPSA) is 38.2 Å². The number of anilines is 1. The largest absolute Gasteiger partial charge is 0.431 e. The van der Waals surface area contributed by atoms with Crippen LogP contribution in [0.3, 0.4) is 0 Å². The molecule has 134 valence electrons. The van der Waals surface area contributed by atoms with Crippen LogP contribution in [0.15, 0.2) is 60.7 Å². The molecule has 0 amide bonds. The normalized spacial score (nSPS) is 10.9. The van der Waals surface area contributed by atoms with Gasteiger partial charge in [0.25, 0.3) is 5.17 Å². The van der Waals surface area contributed by atoms with Gasteiger partial charge in [0.1, 0.15) is 5.75 Å². The molecule has 4 rings (SSSR count). The molecule has 1 heterocycles. The quantitative estimate of drug-likeness (QED) is 0.452. The number of rotatable bonds is 2. The number of nitrogens with zero attached hydrogens (tertiary/aromatic N) is 3. The summed E-state index contributed by atoms with van der Waals surface area (Å²) in [7, 11) is 1.90. The van der Waals surface area contributed by atoms with Gasteiger partial charge >= 0.3 is 0 Å². The van der Waals surface area contributed by atoms with Gasteiger partial charge in [-0.05, 0) is 61.1 Å². The first-order chi connectivity index (χ1) is 13.0. The van der Waals surface area contributed by atoms with Crippen molar-refractivity contribution < 1.29 is 4.74 Å². The Kier molecular flexibility index (Phi) is 4.46. The molecule has 0 aliphatic carbocycles. The standard InChI is InChI=1S/C22H19N3OS/c1-14-15(2)24-21-13-19(10-11-20(21)23-14)26-22(27)25(3)18-9-8-16-6-4-5-7-17(16)12-18/h4-13H,1-3H3. The van der Waals surface area contributed by atoms with Crippen molar-refractivity contribution in [3.63, 3.8) is 0 Å². The highest BCUT2D eigenvalue weighted by atomic mass is 32.1. The molecular weight excluding hydrogens is 354 g/mol. The van der Waals surface area contributed by atoms with E-state index in [1.54, 1.807) is 0 Å². The number of hydrogen-bond donors (Lipinski definition) is 0. The van der Waals surface area contributed by atoms with Crippen molar-refractivity contribution in [2.24, 2.45) is 0 Å². The average molecular weight is 373 g/mol. The van der Waals surface area contributed by atoms with E-state index in [0.29, 0.717) is 10.9 Å². The summed E-state index contributed by atoms with van der Waals surface area (Å²) in [5, 5.41) is 2.73. The fourth-order valence-electron chi connectivity index (χ4n) is 2.93. The number of aromatic nitrogens is 2. The van der Waals surface area contributed by atoms with Gasteiger partial charge in [-0.15, -0.1) is 0 Å². The van der Waals surface area contributed by atoms with E-state index in [1.165, 1.54) is 5.39 Å². The third-order valence-corrected chi connectivity index (χ3v) is 5.00. The van der Waals surface area contributed by atoms with E-state index >= 15 is 0 Å². The van der Waals surface area contributed by atoms with Crippen LogP contribution in [0.25, 0.3) is 21.8 Å². The second kappa shape index (κ2) is 6.93. The van der Waals surface area contributed by atoms with Gasteiger partial charge in [0.2, 0.25) is 0 Å². The number of thiocarbonyl (C=S) groups is 1. The molecule has 0 aliphatic heterocycles. The summed E-state index contributed by atoms with van der Waals surface area (Å²) in [5.74, 6) is 0.651. The van der Waals surface area contributed by atoms with Gasteiger partial charge in [-0.3, -0.25) is 0 Å². The third kappa shape index (κ3) is 3.46. The number of ether oxygens (including phenoxy) is 1. The van der Waals surface area contributed by atoms with Crippen molar-refractivity contribution in [1.29, 1.82) is 0 Å². The van der Waals surface area contributed by atoms with E-state index in [0.717, 1.165) is 33.5 Å². The van der Waals surface area contributed by atoms with Crippen molar-refractivity contribution in [3.05, 3.63) is 72.1 Å². The summed E-state index contributed by atoms with van der Waals surface area (Å²) in [4.78, 5) is 11.0. The first kappa shape index (κ1) is 17.4. The zero-order valence-electron chi connectivity index (χ0n) is 15.4. The SMILES string of the molecule is Cc1nc2ccc(OC(=S)N(C)c3ccc4ccccc4c3)cc2nc1C. The van der Waals surface area contributed by atoms with Gasteiger partial charge in [0, 0.05) is 18.8 Å². The molecule has 4 nitrogen and oxygen atoms in total. The Morgan fingerprint density at radius 3 is 2.33 bits per heavy atom. The number of benzene rings is 3. The average Bonchev–Trinajstić information content (AvgIpc) is 2.68. The van der Waals surface area contributed by atoms with E-state index in [4.69, 9.17) is 17.0 Å². The van der Waals surface area contributed by atoms with Gasteiger partial charge in [-0.2, -0.15) is 0 Å². The lowest BCUT2D eigenvalue weighted by molar-refractivity contribution is 0.553. The van der Waals surface area contributed by atoms with Gasteiger partial charge in [-0.1, -0.05) is 30.3 Å². The molecule has 0 saturated heterocycles. The minimum absolute atomic E-state index is 0.376. The maximum Gasteiger partial charge on any atom is 0.269 e. The van der Waals surface area contributed by atoms with Gasteiger partial charge < -0.3 is 9.64 Å². The third-order valence-electron chi connectivity index (χ3n) is 4.65. The lowest BCUT2D eigenvalue weighted by Gasteiger charge is -2.20. The van der Waals surface area contributed by atoms with Crippen LogP contribution >= 0.6 is 12.2 Å². The predicted molar refractivity (Wildman–Crippen MR) is 115 cm³/mol. The van der Waals surface area contributed by atoms with Crippen LogP contribution in [-0.4, -0.2) is 22.2 Å². The Balaban J connectivity index is 1.58. The maximum atomic E-state index is 5.91. The van der Waals surface area contributed by atoms with Crippen molar-refractivity contribution in [1.82, 2.24) is 9.97 Å². The summed E-state index contributed by atoms with van der Waals surface area (Å²) in [6, 6.07) is 20.1. The predicted octanol–water partition coefficient (Wildman–Crippen LogP) is 5.20. The Morgan fingerprint density at radius 2 is 1.56 bits per heavy atom. The van der Waals surface area contributed by atoms with Crippen LogP contribution in [0.5, 0.6) is 5.75 Å². The minimum atomic E-state index is 0.376. The highest BCUT2D eigenvalue weighted by molar-refractivity contribution is 7.80. The van der Waals surface area contributed by atoms with Crippen molar-refractivity contribution in [2.45, 2.75) is 13.8 Å². The molecule has 0 radical (unpaired) electrons. The Labute approximate surface area is 163 Å². The van der Waals surface area contributed by atoms with Crippen LogP contribution in [0, 0.1) is 13.8 Å². The van der Waals surface area contributed by atoms with Crippen molar-refractivity contribution >= 4 is 44.9 Å². The lowest BCUT2D eigenvalue weighted by Crippen LogP contribution is -2.29. The molecule has 3 aromatic carbocycles. The molecule has 27 heavy (non-hydrogen) atoms. The summed E-state index contributed by atoms with van der Waals surface area (Å²) >= 11 is 5.50. The Hall–Kier alpha value is -3.05.